The van der Waals surface area contributed by atoms with Gasteiger partial charge < -0.3 is 24.7 Å². The van der Waals surface area contributed by atoms with Crippen molar-refractivity contribution in [3.05, 3.63) is 64.3 Å². The summed E-state index contributed by atoms with van der Waals surface area (Å²) < 4.78 is 35.7. The zero-order valence-electron chi connectivity index (χ0n) is 26.8. The zero-order valence-corrected chi connectivity index (χ0v) is 27.5. The van der Waals surface area contributed by atoms with Crippen molar-refractivity contribution >= 4 is 33.9 Å². The monoisotopic (exact) mass is 679 g/mol. The van der Waals surface area contributed by atoms with Crippen LogP contribution in [0.3, 0.4) is 0 Å². The Kier molecular flexibility index (Phi) is 9.41. The second-order valence-electron chi connectivity index (χ2n) is 13.2. The molecule has 2 atom stereocenters. The van der Waals surface area contributed by atoms with Crippen molar-refractivity contribution in [3.8, 4) is 12.1 Å². The number of aromatic nitrogens is 2. The standard InChI is InChI=1S/C35H40ClF2N7O3/c36-31-26(37)7-6-23-4-1-5-29(30(23)31)42-16-9-25-28(21-42)40-34(48-22-35-11-2-14-44(35)15-3-12-35)41-32(25)43-17-18-45(24(20-43)8-13-39)33(47)27(38)10-19-46/h1,4-7,10,24,33,46-47H,2-3,8-9,11-12,14-22H2/b27-10-/t24-,33?/m0/s1. The summed E-state index contributed by atoms with van der Waals surface area (Å²) in [4.78, 5) is 18.3. The molecule has 0 aliphatic carbocycles. The Hall–Kier alpha value is -3.60. The molecule has 48 heavy (non-hydrogen) atoms. The van der Waals surface area contributed by atoms with Gasteiger partial charge in [0, 0.05) is 48.9 Å². The highest BCUT2D eigenvalue weighted by molar-refractivity contribution is 6.36. The lowest BCUT2D eigenvalue weighted by Crippen LogP contribution is -2.57. The Morgan fingerprint density at radius 2 is 1.94 bits per heavy atom. The number of aliphatic hydroxyl groups is 2. The van der Waals surface area contributed by atoms with E-state index in [-0.39, 0.29) is 29.5 Å². The molecule has 1 aromatic heterocycles. The molecule has 2 N–H and O–H groups in total. The maximum Gasteiger partial charge on any atom is 0.318 e. The predicted octanol–water partition coefficient (Wildman–Crippen LogP) is 4.56. The van der Waals surface area contributed by atoms with Gasteiger partial charge in [0.05, 0.1) is 41.9 Å². The Morgan fingerprint density at radius 3 is 2.71 bits per heavy atom. The van der Waals surface area contributed by atoms with Crippen LogP contribution in [0.4, 0.5) is 20.3 Å². The summed E-state index contributed by atoms with van der Waals surface area (Å²) in [5.74, 6) is -0.596. The number of fused-ring (bicyclic) bond motifs is 3. The van der Waals surface area contributed by atoms with Crippen LogP contribution in [0.15, 0.2) is 42.2 Å². The minimum absolute atomic E-state index is 0.00104. The summed E-state index contributed by atoms with van der Waals surface area (Å²) in [7, 11) is 0. The van der Waals surface area contributed by atoms with Crippen LogP contribution in [0.2, 0.25) is 5.02 Å². The highest BCUT2D eigenvalue weighted by Crippen LogP contribution is 2.41. The van der Waals surface area contributed by atoms with E-state index in [1.165, 1.54) is 6.07 Å². The third-order valence-corrected chi connectivity index (χ3v) is 10.9. The second-order valence-corrected chi connectivity index (χ2v) is 13.6. The van der Waals surface area contributed by atoms with Crippen LogP contribution in [0.5, 0.6) is 6.01 Å². The third kappa shape index (κ3) is 6.07. The average molecular weight is 680 g/mol. The number of halogens is 3. The zero-order chi connectivity index (χ0) is 33.4. The van der Waals surface area contributed by atoms with Gasteiger partial charge in [-0.3, -0.25) is 9.80 Å². The van der Waals surface area contributed by atoms with E-state index in [9.17, 15) is 19.1 Å². The van der Waals surface area contributed by atoms with Gasteiger partial charge in [0.1, 0.15) is 24.1 Å². The molecule has 0 spiro atoms. The number of nitriles is 1. The van der Waals surface area contributed by atoms with Gasteiger partial charge in [-0.05, 0) is 68.8 Å². The van der Waals surface area contributed by atoms with Gasteiger partial charge >= 0.3 is 6.01 Å². The first-order valence-electron chi connectivity index (χ1n) is 16.7. The van der Waals surface area contributed by atoms with Gasteiger partial charge in [-0.25, -0.2) is 8.78 Å². The number of piperazine rings is 1. The van der Waals surface area contributed by atoms with E-state index in [0.717, 1.165) is 67.2 Å². The summed E-state index contributed by atoms with van der Waals surface area (Å²) in [5.41, 5.74) is 2.59. The van der Waals surface area contributed by atoms with Crippen LogP contribution < -0.4 is 14.5 Å². The quantitative estimate of drug-likeness (QED) is 0.334. The maximum absolute atomic E-state index is 14.6. The molecule has 254 valence electrons. The van der Waals surface area contributed by atoms with Crippen molar-refractivity contribution in [2.45, 2.75) is 62.9 Å². The summed E-state index contributed by atoms with van der Waals surface area (Å²) >= 11 is 6.52. The van der Waals surface area contributed by atoms with Crippen molar-refractivity contribution < 1.29 is 23.7 Å². The Labute approximate surface area is 283 Å². The van der Waals surface area contributed by atoms with E-state index in [4.69, 9.17) is 31.4 Å². The van der Waals surface area contributed by atoms with Crippen LogP contribution >= 0.6 is 11.6 Å². The largest absolute Gasteiger partial charge is 0.461 e. The molecule has 1 unspecified atom stereocenters. The molecular weight excluding hydrogens is 640 g/mol. The molecular formula is C35H40ClF2N7O3. The topological polar surface area (TPSA) is 112 Å². The summed E-state index contributed by atoms with van der Waals surface area (Å²) in [6.45, 7) is 4.21. The van der Waals surface area contributed by atoms with Crippen LogP contribution in [0, 0.1) is 17.1 Å². The minimum Gasteiger partial charge on any atom is -0.461 e. The number of aliphatic hydroxyl groups excluding tert-OH is 2. The van der Waals surface area contributed by atoms with Crippen molar-refractivity contribution in [2.75, 3.05) is 62.3 Å². The fraction of sp³-hybridized carbons (Fsp3) is 0.514. The third-order valence-electron chi connectivity index (χ3n) is 10.6. The molecule has 13 heteroatoms. The van der Waals surface area contributed by atoms with Crippen LogP contribution in [-0.4, -0.2) is 100 Å². The highest BCUT2D eigenvalue weighted by atomic mass is 35.5. The minimum atomic E-state index is -1.55. The van der Waals surface area contributed by atoms with Crippen LogP contribution in [0.1, 0.15) is 43.4 Å². The molecule has 10 nitrogen and oxygen atoms in total. The number of hydrogen-bond donors (Lipinski definition) is 2. The number of rotatable bonds is 9. The van der Waals surface area contributed by atoms with E-state index < -0.39 is 30.5 Å². The Balaban J connectivity index is 1.22. The number of ether oxygens (including phenoxy) is 1. The molecule has 2 aromatic carbocycles. The van der Waals surface area contributed by atoms with Crippen molar-refractivity contribution in [2.24, 2.45) is 0 Å². The number of anilines is 2. The van der Waals surface area contributed by atoms with Gasteiger partial charge in [-0.2, -0.15) is 15.2 Å². The average Bonchev–Trinajstić information content (AvgIpc) is 3.69. The predicted molar refractivity (Wildman–Crippen MR) is 179 cm³/mol. The Morgan fingerprint density at radius 1 is 1.12 bits per heavy atom. The Bertz CT molecular complexity index is 1740. The molecule has 0 saturated carbocycles. The SMILES string of the molecule is N#CC[C@H]1CN(c2nc(OCC34CCCN3CCC4)nc3c2CCN(c2cccc4ccc(F)c(Cl)c24)C3)CCN1C(O)/C(F)=C/CO. The van der Waals surface area contributed by atoms with Crippen LogP contribution in [-0.2, 0) is 13.0 Å². The molecule has 3 fully saturated rings. The van der Waals surface area contributed by atoms with E-state index in [1.807, 2.05) is 18.2 Å². The number of hydrogen-bond acceptors (Lipinski definition) is 10. The summed E-state index contributed by atoms with van der Waals surface area (Å²) in [5, 5.41) is 31.1. The van der Waals surface area contributed by atoms with E-state index in [0.29, 0.717) is 50.4 Å². The molecule has 3 saturated heterocycles. The fourth-order valence-corrected chi connectivity index (χ4v) is 8.43. The lowest BCUT2D eigenvalue weighted by molar-refractivity contribution is -0.0177. The molecule has 4 aliphatic rings. The fourth-order valence-electron chi connectivity index (χ4n) is 8.16. The maximum atomic E-state index is 14.6. The van der Waals surface area contributed by atoms with Gasteiger partial charge in [-0.1, -0.05) is 29.8 Å². The smallest absolute Gasteiger partial charge is 0.318 e. The molecule has 3 aromatic rings. The van der Waals surface area contributed by atoms with E-state index >= 15 is 0 Å². The normalized spacial score (nSPS) is 22.1. The van der Waals surface area contributed by atoms with Gasteiger partial charge in [0.2, 0.25) is 0 Å². The van der Waals surface area contributed by atoms with Gasteiger partial charge in [0.25, 0.3) is 0 Å². The molecule has 0 bridgehead atoms. The molecule has 0 amide bonds. The van der Waals surface area contributed by atoms with Gasteiger partial charge in [-0.15, -0.1) is 0 Å². The van der Waals surface area contributed by atoms with E-state index in [2.05, 4.69) is 20.8 Å². The molecule has 4 aliphatic heterocycles. The lowest BCUT2D eigenvalue weighted by atomic mass is 9.95. The first-order chi connectivity index (χ1) is 23.3. The lowest BCUT2D eigenvalue weighted by Gasteiger charge is -2.44. The second kappa shape index (κ2) is 13.7. The van der Waals surface area contributed by atoms with Crippen molar-refractivity contribution in [1.29, 1.82) is 5.26 Å². The van der Waals surface area contributed by atoms with Crippen LogP contribution in [0.25, 0.3) is 10.8 Å². The first kappa shape index (κ1) is 32.9. The molecule has 7 rings (SSSR count). The highest BCUT2D eigenvalue weighted by Gasteiger charge is 2.45. The first-order valence-corrected chi connectivity index (χ1v) is 17.1. The number of benzene rings is 2. The molecule has 0 radical (unpaired) electrons. The number of nitrogens with zero attached hydrogens (tertiary/aromatic N) is 7. The summed E-state index contributed by atoms with van der Waals surface area (Å²) in [6.07, 6.45) is 4.51. The van der Waals surface area contributed by atoms with Crippen molar-refractivity contribution in [1.82, 2.24) is 19.8 Å². The summed E-state index contributed by atoms with van der Waals surface area (Å²) in [6, 6.07) is 10.9. The molecule has 5 heterocycles. The van der Waals surface area contributed by atoms with Crippen molar-refractivity contribution in [3.63, 3.8) is 0 Å². The van der Waals surface area contributed by atoms with E-state index in [1.54, 1.807) is 11.0 Å². The van der Waals surface area contributed by atoms with Gasteiger partial charge in [0.15, 0.2) is 6.23 Å².